The smallest absolute Gasteiger partial charge is 0.263 e. The minimum atomic E-state index is 0.473. The third-order valence-electron chi connectivity index (χ3n) is 1.99. The van der Waals surface area contributed by atoms with Gasteiger partial charge < -0.3 is 14.6 Å². The molecule has 0 amide bonds. The number of ether oxygens (including phenoxy) is 1. The summed E-state index contributed by atoms with van der Waals surface area (Å²) in [6, 6.07) is 7.43. The van der Waals surface area contributed by atoms with Gasteiger partial charge in [-0.15, -0.1) is 0 Å². The van der Waals surface area contributed by atoms with Crippen LogP contribution in [0.15, 0.2) is 28.8 Å². The Hall–Kier alpha value is -2.04. The van der Waals surface area contributed by atoms with Gasteiger partial charge in [-0.25, -0.2) is 0 Å². The highest BCUT2D eigenvalue weighted by molar-refractivity contribution is 5.55. The van der Waals surface area contributed by atoms with Crippen LogP contribution in [-0.2, 0) is 0 Å². The molecule has 15 heavy (non-hydrogen) atoms. The summed E-state index contributed by atoms with van der Waals surface area (Å²) in [7, 11) is 3.36. The van der Waals surface area contributed by atoms with E-state index in [1.54, 1.807) is 14.2 Å². The SMILES string of the molecule is CNc1noc(-c2ccc(OC)cc2)n1. The highest BCUT2D eigenvalue weighted by Crippen LogP contribution is 2.21. The molecule has 0 aliphatic rings. The lowest BCUT2D eigenvalue weighted by atomic mass is 10.2. The maximum atomic E-state index is 5.05. The first-order valence-corrected chi connectivity index (χ1v) is 4.49. The first-order chi connectivity index (χ1) is 7.33. The van der Waals surface area contributed by atoms with Crippen molar-refractivity contribution in [2.75, 3.05) is 19.5 Å². The molecule has 0 atom stereocenters. The zero-order chi connectivity index (χ0) is 10.7. The molecule has 0 aliphatic carbocycles. The van der Waals surface area contributed by atoms with Crippen molar-refractivity contribution in [3.05, 3.63) is 24.3 Å². The molecular weight excluding hydrogens is 194 g/mol. The lowest BCUT2D eigenvalue weighted by molar-refractivity contribution is 0.414. The Kier molecular flexibility index (Phi) is 2.53. The second-order valence-electron chi connectivity index (χ2n) is 2.90. The second-order valence-corrected chi connectivity index (χ2v) is 2.90. The Morgan fingerprint density at radius 1 is 1.27 bits per heavy atom. The number of rotatable bonds is 3. The van der Waals surface area contributed by atoms with E-state index in [1.165, 1.54) is 0 Å². The van der Waals surface area contributed by atoms with Gasteiger partial charge in [-0.2, -0.15) is 4.98 Å². The fourth-order valence-corrected chi connectivity index (χ4v) is 1.18. The quantitative estimate of drug-likeness (QED) is 0.827. The van der Waals surface area contributed by atoms with E-state index in [4.69, 9.17) is 9.26 Å². The van der Waals surface area contributed by atoms with Crippen LogP contribution in [0.4, 0.5) is 5.95 Å². The van der Waals surface area contributed by atoms with E-state index >= 15 is 0 Å². The van der Waals surface area contributed by atoms with Crippen molar-refractivity contribution in [1.29, 1.82) is 0 Å². The first-order valence-electron chi connectivity index (χ1n) is 4.49. The number of nitrogens with one attached hydrogen (secondary N) is 1. The summed E-state index contributed by atoms with van der Waals surface area (Å²) < 4.78 is 10.1. The van der Waals surface area contributed by atoms with Crippen LogP contribution in [0.5, 0.6) is 5.75 Å². The van der Waals surface area contributed by atoms with E-state index in [0.717, 1.165) is 11.3 Å². The number of aromatic nitrogens is 2. The molecule has 78 valence electrons. The van der Waals surface area contributed by atoms with Crippen molar-refractivity contribution in [3.63, 3.8) is 0 Å². The Morgan fingerprint density at radius 2 is 2.00 bits per heavy atom. The highest BCUT2D eigenvalue weighted by atomic mass is 16.5. The van der Waals surface area contributed by atoms with E-state index in [-0.39, 0.29) is 0 Å². The first kappa shape index (κ1) is 9.51. The van der Waals surface area contributed by atoms with Crippen molar-refractivity contribution in [1.82, 2.24) is 10.1 Å². The summed E-state index contributed by atoms with van der Waals surface area (Å²) in [6.45, 7) is 0. The van der Waals surface area contributed by atoms with Gasteiger partial charge in [-0.05, 0) is 29.4 Å². The minimum Gasteiger partial charge on any atom is -0.497 e. The molecule has 1 N–H and O–H groups in total. The zero-order valence-electron chi connectivity index (χ0n) is 8.52. The van der Waals surface area contributed by atoms with Gasteiger partial charge >= 0.3 is 0 Å². The molecule has 1 aromatic carbocycles. The van der Waals surface area contributed by atoms with E-state index < -0.39 is 0 Å². The normalized spacial score (nSPS) is 10.0. The zero-order valence-corrected chi connectivity index (χ0v) is 8.52. The van der Waals surface area contributed by atoms with Crippen molar-refractivity contribution >= 4 is 5.95 Å². The van der Waals surface area contributed by atoms with Crippen molar-refractivity contribution in [2.45, 2.75) is 0 Å². The van der Waals surface area contributed by atoms with Gasteiger partial charge in [0, 0.05) is 12.6 Å². The fraction of sp³-hybridized carbons (Fsp3) is 0.200. The van der Waals surface area contributed by atoms with Crippen LogP contribution in [0.3, 0.4) is 0 Å². The van der Waals surface area contributed by atoms with Crippen molar-refractivity contribution in [2.24, 2.45) is 0 Å². The summed E-state index contributed by atoms with van der Waals surface area (Å²) in [5, 5.41) is 6.52. The molecule has 0 saturated carbocycles. The van der Waals surface area contributed by atoms with Crippen LogP contribution >= 0.6 is 0 Å². The van der Waals surface area contributed by atoms with Crippen LogP contribution < -0.4 is 10.1 Å². The molecular formula is C10H11N3O2. The largest absolute Gasteiger partial charge is 0.497 e. The standard InChI is InChI=1S/C10H11N3O2/c1-11-10-12-9(15-13-10)7-3-5-8(14-2)6-4-7/h3-6H,1-2H3,(H,11,13). The maximum Gasteiger partial charge on any atom is 0.263 e. The third kappa shape index (κ3) is 1.90. The molecule has 2 aromatic rings. The van der Waals surface area contributed by atoms with Gasteiger partial charge in [0.15, 0.2) is 0 Å². The van der Waals surface area contributed by atoms with E-state index in [0.29, 0.717) is 11.8 Å². The fourth-order valence-electron chi connectivity index (χ4n) is 1.18. The average Bonchev–Trinajstić information content (AvgIpc) is 2.78. The van der Waals surface area contributed by atoms with Gasteiger partial charge in [-0.3, -0.25) is 0 Å². The number of hydrogen-bond donors (Lipinski definition) is 1. The summed E-state index contributed by atoms with van der Waals surface area (Å²) in [6.07, 6.45) is 0. The Morgan fingerprint density at radius 3 is 2.53 bits per heavy atom. The third-order valence-corrected chi connectivity index (χ3v) is 1.99. The summed E-state index contributed by atoms with van der Waals surface area (Å²) in [4.78, 5) is 4.12. The molecule has 2 rings (SSSR count). The Balaban J connectivity index is 2.28. The molecule has 5 heteroatoms. The lowest BCUT2D eigenvalue weighted by Gasteiger charge is -1.98. The van der Waals surface area contributed by atoms with Crippen molar-refractivity contribution in [3.8, 4) is 17.2 Å². The molecule has 5 nitrogen and oxygen atoms in total. The van der Waals surface area contributed by atoms with Crippen LogP contribution in [0.25, 0.3) is 11.5 Å². The lowest BCUT2D eigenvalue weighted by Crippen LogP contribution is -1.89. The van der Waals surface area contributed by atoms with Crippen LogP contribution in [0, 0.1) is 0 Å². The number of benzene rings is 1. The monoisotopic (exact) mass is 205 g/mol. The van der Waals surface area contributed by atoms with Crippen LogP contribution in [0.1, 0.15) is 0 Å². The molecule has 0 fully saturated rings. The summed E-state index contributed by atoms with van der Waals surface area (Å²) >= 11 is 0. The minimum absolute atomic E-state index is 0.473. The summed E-state index contributed by atoms with van der Waals surface area (Å²) in [5.41, 5.74) is 0.866. The number of anilines is 1. The van der Waals surface area contributed by atoms with E-state index in [2.05, 4.69) is 15.5 Å². The number of hydrogen-bond acceptors (Lipinski definition) is 5. The highest BCUT2D eigenvalue weighted by Gasteiger charge is 2.06. The maximum absolute atomic E-state index is 5.05. The molecule has 0 radical (unpaired) electrons. The van der Waals surface area contributed by atoms with Gasteiger partial charge in [-0.1, -0.05) is 0 Å². The molecule has 0 spiro atoms. The Labute approximate surface area is 87.1 Å². The molecule has 0 saturated heterocycles. The molecule has 0 aliphatic heterocycles. The van der Waals surface area contributed by atoms with E-state index in [9.17, 15) is 0 Å². The molecule has 1 aromatic heterocycles. The van der Waals surface area contributed by atoms with Crippen LogP contribution in [0.2, 0.25) is 0 Å². The topological polar surface area (TPSA) is 60.2 Å². The molecule has 0 bridgehead atoms. The number of nitrogens with zero attached hydrogens (tertiary/aromatic N) is 2. The van der Waals surface area contributed by atoms with Crippen LogP contribution in [-0.4, -0.2) is 24.3 Å². The average molecular weight is 205 g/mol. The van der Waals surface area contributed by atoms with Gasteiger partial charge in [0.25, 0.3) is 11.8 Å². The predicted octanol–water partition coefficient (Wildman–Crippen LogP) is 1.79. The van der Waals surface area contributed by atoms with E-state index in [1.807, 2.05) is 24.3 Å². The van der Waals surface area contributed by atoms with Gasteiger partial charge in [0.05, 0.1) is 7.11 Å². The van der Waals surface area contributed by atoms with Gasteiger partial charge in [0.1, 0.15) is 5.75 Å². The van der Waals surface area contributed by atoms with Crippen molar-refractivity contribution < 1.29 is 9.26 Å². The van der Waals surface area contributed by atoms with Gasteiger partial charge in [0.2, 0.25) is 0 Å². The number of methoxy groups -OCH3 is 1. The summed E-state index contributed by atoms with van der Waals surface area (Å²) in [5.74, 6) is 1.76. The molecule has 0 unspecified atom stereocenters. The Bertz CT molecular complexity index is 436. The second kappa shape index (κ2) is 4.00. The molecule has 1 heterocycles. The predicted molar refractivity (Wildman–Crippen MR) is 55.8 cm³/mol.